The number of hydrogen-bond acceptors (Lipinski definition) is 3. The molecule has 4 nitrogen and oxygen atoms in total. The molecule has 0 aromatic heterocycles. The maximum Gasteiger partial charge on any atom is 0.244 e. The van der Waals surface area contributed by atoms with Crippen molar-refractivity contribution in [2.45, 2.75) is 37.0 Å². The van der Waals surface area contributed by atoms with E-state index in [0.717, 1.165) is 12.8 Å². The molecule has 2 rings (SSSR count). The molecular formula is C14H20ClNO3S. The van der Waals surface area contributed by atoms with Crippen molar-refractivity contribution in [2.75, 3.05) is 13.7 Å². The number of ether oxygens (including phenoxy) is 1. The number of nitrogens with one attached hydrogen (secondary N) is 1. The van der Waals surface area contributed by atoms with E-state index < -0.39 is 10.0 Å². The Kier molecular flexibility index (Phi) is 5.29. The van der Waals surface area contributed by atoms with Crippen molar-refractivity contribution >= 4 is 21.6 Å². The number of hydrogen-bond donors (Lipinski definition) is 1. The van der Waals surface area contributed by atoms with E-state index in [4.69, 9.17) is 16.3 Å². The fraction of sp³-hybridized carbons (Fsp3) is 0.571. The summed E-state index contributed by atoms with van der Waals surface area (Å²) in [5, 5.41) is 0.379. The first-order valence-corrected chi connectivity index (χ1v) is 8.72. The third kappa shape index (κ3) is 3.87. The van der Waals surface area contributed by atoms with Gasteiger partial charge < -0.3 is 4.74 Å². The molecule has 0 radical (unpaired) electrons. The van der Waals surface area contributed by atoms with Gasteiger partial charge in [0.25, 0.3) is 0 Å². The molecule has 0 bridgehead atoms. The second-order valence-electron chi connectivity index (χ2n) is 5.15. The lowest BCUT2D eigenvalue weighted by Gasteiger charge is -2.22. The predicted octanol–water partition coefficient (Wildman–Crippen LogP) is 3.21. The monoisotopic (exact) mass is 317 g/mol. The van der Waals surface area contributed by atoms with Crippen molar-refractivity contribution in [1.29, 1.82) is 0 Å². The molecule has 6 heteroatoms. The van der Waals surface area contributed by atoms with Gasteiger partial charge in [0.15, 0.2) is 0 Å². The average Bonchev–Trinajstić information content (AvgIpc) is 2.46. The van der Waals surface area contributed by atoms with Crippen molar-refractivity contribution in [3.63, 3.8) is 0 Å². The molecule has 0 unspecified atom stereocenters. The molecule has 0 aliphatic heterocycles. The zero-order valence-electron chi connectivity index (χ0n) is 11.6. The number of rotatable bonds is 5. The minimum absolute atomic E-state index is 0.100. The summed E-state index contributed by atoms with van der Waals surface area (Å²) >= 11 is 5.88. The molecule has 0 heterocycles. The Bertz CT molecular complexity index is 554. The van der Waals surface area contributed by atoms with Crippen molar-refractivity contribution < 1.29 is 13.2 Å². The van der Waals surface area contributed by atoms with E-state index in [-0.39, 0.29) is 4.90 Å². The minimum Gasteiger partial charge on any atom is -0.495 e. The highest BCUT2D eigenvalue weighted by molar-refractivity contribution is 7.89. The van der Waals surface area contributed by atoms with Crippen LogP contribution >= 0.6 is 11.6 Å². The molecule has 1 saturated carbocycles. The fourth-order valence-electron chi connectivity index (χ4n) is 2.56. The van der Waals surface area contributed by atoms with Gasteiger partial charge >= 0.3 is 0 Å². The van der Waals surface area contributed by atoms with Crippen LogP contribution in [0.15, 0.2) is 23.1 Å². The van der Waals surface area contributed by atoms with Gasteiger partial charge in [-0.3, -0.25) is 0 Å². The maximum absolute atomic E-state index is 12.4. The molecule has 1 N–H and O–H groups in total. The number of benzene rings is 1. The SMILES string of the molecule is COc1ccc(Cl)cc1S(=O)(=O)NCC1CCCCC1. The maximum atomic E-state index is 12.4. The molecule has 0 amide bonds. The Morgan fingerprint density at radius 2 is 2.00 bits per heavy atom. The fourth-order valence-corrected chi connectivity index (χ4v) is 4.10. The Morgan fingerprint density at radius 3 is 2.65 bits per heavy atom. The zero-order chi connectivity index (χ0) is 14.6. The smallest absolute Gasteiger partial charge is 0.244 e. The van der Waals surface area contributed by atoms with Crippen LogP contribution in [0, 0.1) is 5.92 Å². The quantitative estimate of drug-likeness (QED) is 0.907. The van der Waals surface area contributed by atoms with Crippen molar-refractivity contribution in [3.05, 3.63) is 23.2 Å². The van der Waals surface area contributed by atoms with Crippen molar-refractivity contribution in [3.8, 4) is 5.75 Å². The molecular weight excluding hydrogens is 298 g/mol. The third-order valence-electron chi connectivity index (χ3n) is 3.70. The highest BCUT2D eigenvalue weighted by Crippen LogP contribution is 2.28. The summed E-state index contributed by atoms with van der Waals surface area (Å²) in [4.78, 5) is 0.100. The third-order valence-corrected chi connectivity index (χ3v) is 5.38. The topological polar surface area (TPSA) is 55.4 Å². The Morgan fingerprint density at radius 1 is 1.30 bits per heavy atom. The van der Waals surface area contributed by atoms with Crippen LogP contribution in [0.2, 0.25) is 5.02 Å². The summed E-state index contributed by atoms with van der Waals surface area (Å²) < 4.78 is 32.5. The predicted molar refractivity (Wildman–Crippen MR) is 79.8 cm³/mol. The Labute approximate surface area is 125 Å². The van der Waals surface area contributed by atoms with Crippen LogP contribution in [0.5, 0.6) is 5.75 Å². The molecule has 0 spiro atoms. The molecule has 112 valence electrons. The summed E-state index contributed by atoms with van der Waals surface area (Å²) in [6.45, 7) is 0.484. The second kappa shape index (κ2) is 6.78. The lowest BCUT2D eigenvalue weighted by atomic mass is 9.90. The Balaban J connectivity index is 2.11. The number of sulfonamides is 1. The van der Waals surface area contributed by atoms with E-state index in [0.29, 0.717) is 23.2 Å². The summed E-state index contributed by atoms with van der Waals surface area (Å²) in [7, 11) is -2.14. The van der Waals surface area contributed by atoms with Crippen molar-refractivity contribution in [1.82, 2.24) is 4.72 Å². The van der Waals surface area contributed by atoms with E-state index in [1.807, 2.05) is 0 Å². The van der Waals surface area contributed by atoms with Gasteiger partial charge in [0.1, 0.15) is 10.6 Å². The van der Waals surface area contributed by atoms with Gasteiger partial charge in [0.2, 0.25) is 10.0 Å². The summed E-state index contributed by atoms with van der Waals surface area (Å²) in [5.74, 6) is 0.745. The molecule has 20 heavy (non-hydrogen) atoms. The van der Waals surface area contributed by atoms with Crippen LogP contribution in [0.25, 0.3) is 0 Å². The molecule has 0 atom stereocenters. The van der Waals surface area contributed by atoms with E-state index in [1.165, 1.54) is 32.4 Å². The first-order chi connectivity index (χ1) is 9.53. The molecule has 0 saturated heterocycles. The van der Waals surface area contributed by atoms with Gasteiger partial charge in [-0.25, -0.2) is 13.1 Å². The van der Waals surface area contributed by atoms with Gasteiger partial charge in [0, 0.05) is 11.6 Å². The molecule has 1 aromatic rings. The zero-order valence-corrected chi connectivity index (χ0v) is 13.1. The lowest BCUT2D eigenvalue weighted by Crippen LogP contribution is -2.30. The van der Waals surface area contributed by atoms with E-state index in [9.17, 15) is 8.42 Å². The summed E-state index contributed by atoms with van der Waals surface area (Å²) in [6, 6.07) is 4.60. The standard InChI is InChI=1S/C14H20ClNO3S/c1-19-13-8-7-12(15)9-14(13)20(17,18)16-10-11-5-3-2-4-6-11/h7-9,11,16H,2-6,10H2,1H3. The van der Waals surface area contributed by atoms with E-state index >= 15 is 0 Å². The van der Waals surface area contributed by atoms with Crippen LogP contribution in [0.4, 0.5) is 0 Å². The number of halogens is 1. The first-order valence-electron chi connectivity index (χ1n) is 6.86. The van der Waals surface area contributed by atoms with Crippen LogP contribution in [0.1, 0.15) is 32.1 Å². The highest BCUT2D eigenvalue weighted by atomic mass is 35.5. The van der Waals surface area contributed by atoms with Crippen LogP contribution in [-0.2, 0) is 10.0 Å². The van der Waals surface area contributed by atoms with E-state index in [2.05, 4.69) is 4.72 Å². The van der Waals surface area contributed by atoms with Crippen LogP contribution in [-0.4, -0.2) is 22.1 Å². The van der Waals surface area contributed by atoms with Crippen LogP contribution in [0.3, 0.4) is 0 Å². The molecule has 1 fully saturated rings. The van der Waals surface area contributed by atoms with E-state index in [1.54, 1.807) is 12.1 Å². The van der Waals surface area contributed by atoms with Crippen LogP contribution < -0.4 is 9.46 Å². The molecule has 1 aliphatic carbocycles. The lowest BCUT2D eigenvalue weighted by molar-refractivity contribution is 0.356. The largest absolute Gasteiger partial charge is 0.495 e. The summed E-state index contributed by atoms with van der Waals surface area (Å²) in [5.41, 5.74) is 0. The second-order valence-corrected chi connectivity index (χ2v) is 7.32. The Hall–Kier alpha value is -0.780. The van der Waals surface area contributed by atoms with Gasteiger partial charge in [0.05, 0.1) is 7.11 Å². The first kappa shape index (κ1) is 15.6. The molecule has 1 aromatic carbocycles. The molecule has 1 aliphatic rings. The highest BCUT2D eigenvalue weighted by Gasteiger charge is 2.22. The average molecular weight is 318 g/mol. The van der Waals surface area contributed by atoms with Crippen molar-refractivity contribution in [2.24, 2.45) is 5.92 Å². The van der Waals surface area contributed by atoms with Gasteiger partial charge in [-0.15, -0.1) is 0 Å². The number of methoxy groups -OCH3 is 1. The normalized spacial score (nSPS) is 17.1. The van der Waals surface area contributed by atoms with Gasteiger partial charge in [-0.2, -0.15) is 0 Å². The van der Waals surface area contributed by atoms with Gasteiger partial charge in [-0.1, -0.05) is 30.9 Å². The summed E-state index contributed by atoms with van der Waals surface area (Å²) in [6.07, 6.45) is 5.82. The minimum atomic E-state index is -3.58. The van der Waals surface area contributed by atoms with Gasteiger partial charge in [-0.05, 0) is 37.0 Å².